The number of hydrogen-bond donors (Lipinski definition) is 3. The van der Waals surface area contributed by atoms with Crippen molar-refractivity contribution >= 4 is 33.8 Å². The van der Waals surface area contributed by atoms with Crippen molar-refractivity contribution in [1.29, 1.82) is 0 Å². The van der Waals surface area contributed by atoms with Crippen LogP contribution >= 0.6 is 11.3 Å². The molecule has 0 aliphatic carbocycles. The number of alkyl halides is 3. The quantitative estimate of drug-likeness (QED) is 0.497. The standard InChI is InChI=1S/C22H17F3N2O3S/c1-11-18-16(12-4-2-7-15(28)8-12)10-17(29)27-21(18)31-19(11)20(30)26-14-6-3-5-13(9-14)22(23,24)25/h2-9,16,28H,10H2,1H3,(H,26,30)(H,27,29)/t16-/m1/s1. The van der Waals surface area contributed by atoms with Crippen molar-refractivity contribution in [2.45, 2.75) is 25.4 Å². The molecule has 2 aromatic carbocycles. The largest absolute Gasteiger partial charge is 0.508 e. The monoisotopic (exact) mass is 446 g/mol. The molecule has 9 heteroatoms. The van der Waals surface area contributed by atoms with Crippen LogP contribution < -0.4 is 10.6 Å². The summed E-state index contributed by atoms with van der Waals surface area (Å²) in [5.41, 5.74) is 1.31. The maximum Gasteiger partial charge on any atom is 0.416 e. The summed E-state index contributed by atoms with van der Waals surface area (Å²) in [6.45, 7) is 1.74. The van der Waals surface area contributed by atoms with E-state index in [0.29, 0.717) is 15.4 Å². The smallest absolute Gasteiger partial charge is 0.416 e. The van der Waals surface area contributed by atoms with E-state index in [0.717, 1.165) is 34.6 Å². The van der Waals surface area contributed by atoms with Crippen molar-refractivity contribution in [2.75, 3.05) is 10.6 Å². The summed E-state index contributed by atoms with van der Waals surface area (Å²) >= 11 is 1.08. The molecule has 31 heavy (non-hydrogen) atoms. The van der Waals surface area contributed by atoms with E-state index < -0.39 is 17.6 Å². The van der Waals surface area contributed by atoms with Crippen LogP contribution in [-0.4, -0.2) is 16.9 Å². The Morgan fingerprint density at radius 3 is 2.65 bits per heavy atom. The van der Waals surface area contributed by atoms with Crippen molar-refractivity contribution in [2.24, 2.45) is 0 Å². The van der Waals surface area contributed by atoms with Crippen LogP contribution in [0.25, 0.3) is 0 Å². The second kappa shape index (κ2) is 7.73. The fourth-order valence-electron chi connectivity index (χ4n) is 3.71. The average molecular weight is 446 g/mol. The van der Waals surface area contributed by atoms with E-state index >= 15 is 0 Å². The Morgan fingerprint density at radius 2 is 1.94 bits per heavy atom. The summed E-state index contributed by atoms with van der Waals surface area (Å²) in [5, 5.41) is 15.6. The summed E-state index contributed by atoms with van der Waals surface area (Å²) in [5.74, 6) is -1.05. The first kappa shape index (κ1) is 20.9. The van der Waals surface area contributed by atoms with Gasteiger partial charge in [0.05, 0.1) is 15.4 Å². The zero-order valence-corrected chi connectivity index (χ0v) is 17.0. The molecular formula is C22H17F3N2O3S. The molecule has 3 N–H and O–H groups in total. The lowest BCUT2D eigenvalue weighted by Crippen LogP contribution is -2.22. The third kappa shape index (κ3) is 4.13. The molecule has 5 nitrogen and oxygen atoms in total. The van der Waals surface area contributed by atoms with Gasteiger partial charge in [0.1, 0.15) is 5.75 Å². The summed E-state index contributed by atoms with van der Waals surface area (Å²) in [6, 6.07) is 11.0. The molecule has 0 unspecified atom stereocenters. The number of nitrogens with one attached hydrogen (secondary N) is 2. The molecule has 2 amide bonds. The highest BCUT2D eigenvalue weighted by Gasteiger charge is 2.33. The number of halogens is 3. The first-order chi connectivity index (χ1) is 14.6. The van der Waals surface area contributed by atoms with Gasteiger partial charge in [0.25, 0.3) is 5.91 Å². The summed E-state index contributed by atoms with van der Waals surface area (Å²) in [4.78, 5) is 25.4. The van der Waals surface area contributed by atoms with Crippen molar-refractivity contribution in [3.63, 3.8) is 0 Å². The summed E-state index contributed by atoms with van der Waals surface area (Å²) in [6.07, 6.45) is -4.36. The van der Waals surface area contributed by atoms with Crippen molar-refractivity contribution in [3.8, 4) is 5.75 Å². The second-order valence-electron chi connectivity index (χ2n) is 7.23. The van der Waals surface area contributed by atoms with E-state index in [1.54, 1.807) is 25.1 Å². The molecular weight excluding hydrogens is 429 g/mol. The SMILES string of the molecule is Cc1c(C(=O)Nc2cccc(C(F)(F)F)c2)sc2c1[C@@H](c1cccc(O)c1)CC(=O)N2. The normalized spacial score (nSPS) is 15.9. The van der Waals surface area contributed by atoms with Gasteiger partial charge in [0, 0.05) is 18.0 Å². The number of carbonyl (C=O) groups is 2. The minimum absolute atomic E-state index is 0.0270. The van der Waals surface area contributed by atoms with Gasteiger partial charge >= 0.3 is 6.18 Å². The highest BCUT2D eigenvalue weighted by atomic mass is 32.1. The number of phenolic OH excluding ortho intramolecular Hbond substituents is 1. The number of carbonyl (C=O) groups excluding carboxylic acids is 2. The fraction of sp³-hybridized carbons (Fsp3) is 0.182. The molecule has 1 aliphatic rings. The second-order valence-corrected chi connectivity index (χ2v) is 8.25. The van der Waals surface area contributed by atoms with Crippen LogP contribution in [0.4, 0.5) is 23.9 Å². The molecule has 0 saturated heterocycles. The number of amides is 2. The van der Waals surface area contributed by atoms with E-state index in [1.807, 2.05) is 0 Å². The molecule has 0 fully saturated rings. The first-order valence-corrected chi connectivity index (χ1v) is 10.2. The van der Waals surface area contributed by atoms with E-state index in [1.165, 1.54) is 18.2 Å². The zero-order valence-electron chi connectivity index (χ0n) is 16.2. The third-order valence-corrected chi connectivity index (χ3v) is 6.33. The molecule has 1 aromatic heterocycles. The van der Waals surface area contributed by atoms with E-state index in [9.17, 15) is 27.9 Å². The molecule has 3 aromatic rings. The predicted molar refractivity (Wildman–Crippen MR) is 112 cm³/mol. The minimum atomic E-state index is -4.52. The molecule has 1 atom stereocenters. The maximum atomic E-state index is 12.9. The Labute approximate surface area is 179 Å². The van der Waals surface area contributed by atoms with Crippen LogP contribution in [0.1, 0.15) is 44.3 Å². The van der Waals surface area contributed by atoms with Gasteiger partial charge in [-0.25, -0.2) is 0 Å². The molecule has 1 aliphatic heterocycles. The molecule has 0 bridgehead atoms. The lowest BCUT2D eigenvalue weighted by atomic mass is 9.85. The first-order valence-electron chi connectivity index (χ1n) is 9.34. The third-order valence-electron chi connectivity index (χ3n) is 5.11. The number of hydrogen-bond acceptors (Lipinski definition) is 4. The van der Waals surface area contributed by atoms with E-state index in [4.69, 9.17) is 0 Å². The topological polar surface area (TPSA) is 78.4 Å². The van der Waals surface area contributed by atoms with E-state index in [-0.39, 0.29) is 29.7 Å². The number of phenols is 1. The number of thiophene rings is 1. The number of aromatic hydroxyl groups is 1. The lowest BCUT2D eigenvalue weighted by molar-refractivity contribution is -0.137. The van der Waals surface area contributed by atoms with Gasteiger partial charge in [-0.15, -0.1) is 11.3 Å². The number of benzene rings is 2. The van der Waals surface area contributed by atoms with Crippen molar-refractivity contribution in [1.82, 2.24) is 0 Å². The predicted octanol–water partition coefficient (Wildman–Crippen LogP) is 5.51. The van der Waals surface area contributed by atoms with Gasteiger partial charge in [0.2, 0.25) is 5.91 Å². The number of rotatable bonds is 3. The van der Waals surface area contributed by atoms with Crippen LogP contribution in [0.2, 0.25) is 0 Å². The zero-order chi connectivity index (χ0) is 22.3. The fourth-order valence-corrected chi connectivity index (χ4v) is 4.89. The molecule has 0 spiro atoms. The molecule has 0 saturated carbocycles. The maximum absolute atomic E-state index is 12.9. The highest BCUT2D eigenvalue weighted by Crippen LogP contribution is 2.45. The van der Waals surface area contributed by atoms with Crippen LogP contribution in [0, 0.1) is 6.92 Å². The molecule has 0 radical (unpaired) electrons. The molecule has 2 heterocycles. The van der Waals surface area contributed by atoms with Crippen LogP contribution in [0.3, 0.4) is 0 Å². The summed E-state index contributed by atoms with van der Waals surface area (Å²) < 4.78 is 38.8. The molecule has 160 valence electrons. The van der Waals surface area contributed by atoms with Gasteiger partial charge in [-0.3, -0.25) is 9.59 Å². The van der Waals surface area contributed by atoms with Gasteiger partial charge in [-0.05, 0) is 53.9 Å². The number of fused-ring (bicyclic) bond motifs is 1. The van der Waals surface area contributed by atoms with Gasteiger partial charge in [-0.2, -0.15) is 13.2 Å². The van der Waals surface area contributed by atoms with Gasteiger partial charge < -0.3 is 15.7 Å². The lowest BCUT2D eigenvalue weighted by Gasteiger charge is -2.24. The van der Waals surface area contributed by atoms with Crippen molar-refractivity contribution in [3.05, 3.63) is 75.7 Å². The van der Waals surface area contributed by atoms with Gasteiger partial charge in [0.15, 0.2) is 0 Å². The van der Waals surface area contributed by atoms with E-state index in [2.05, 4.69) is 10.6 Å². The number of anilines is 2. The van der Waals surface area contributed by atoms with Crippen LogP contribution in [-0.2, 0) is 11.0 Å². The Hall–Kier alpha value is -3.33. The van der Waals surface area contributed by atoms with Crippen molar-refractivity contribution < 1.29 is 27.9 Å². The Balaban J connectivity index is 1.68. The summed E-state index contributed by atoms with van der Waals surface area (Å²) in [7, 11) is 0. The highest BCUT2D eigenvalue weighted by molar-refractivity contribution is 7.18. The van der Waals surface area contributed by atoms with Crippen LogP contribution in [0.5, 0.6) is 5.75 Å². The Bertz CT molecular complexity index is 1190. The van der Waals surface area contributed by atoms with Crippen LogP contribution in [0.15, 0.2) is 48.5 Å². The Morgan fingerprint density at radius 1 is 1.19 bits per heavy atom. The minimum Gasteiger partial charge on any atom is -0.508 e. The van der Waals surface area contributed by atoms with Gasteiger partial charge in [-0.1, -0.05) is 18.2 Å². The average Bonchev–Trinajstić information content (AvgIpc) is 3.03. The Kier molecular flexibility index (Phi) is 5.22. The molecule has 4 rings (SSSR count).